The van der Waals surface area contributed by atoms with Gasteiger partial charge in [0.25, 0.3) is 0 Å². The highest BCUT2D eigenvalue weighted by atomic mass is 16.5. The van der Waals surface area contributed by atoms with E-state index >= 15 is 0 Å². The molecule has 3 rings (SSSR count). The first-order chi connectivity index (χ1) is 9.75. The molecule has 1 aromatic carbocycles. The molecule has 2 N–H and O–H groups in total. The molecular weight excluding hydrogens is 254 g/mol. The Morgan fingerprint density at radius 1 is 1.35 bits per heavy atom. The summed E-state index contributed by atoms with van der Waals surface area (Å²) in [6.45, 7) is 3.52. The number of fused-ring (bicyclic) bond motifs is 1. The van der Waals surface area contributed by atoms with Gasteiger partial charge < -0.3 is 19.9 Å². The summed E-state index contributed by atoms with van der Waals surface area (Å²) in [5.74, 6) is 1.49. The van der Waals surface area contributed by atoms with Crippen molar-refractivity contribution in [3.63, 3.8) is 0 Å². The van der Waals surface area contributed by atoms with E-state index in [-0.39, 0.29) is 0 Å². The van der Waals surface area contributed by atoms with Crippen molar-refractivity contribution in [2.45, 2.75) is 6.54 Å². The molecule has 6 nitrogen and oxygen atoms in total. The van der Waals surface area contributed by atoms with Gasteiger partial charge in [0.05, 0.1) is 24.2 Å². The third-order valence-corrected chi connectivity index (χ3v) is 3.60. The van der Waals surface area contributed by atoms with E-state index in [1.807, 2.05) is 30.1 Å². The Labute approximate surface area is 117 Å². The average molecular weight is 273 g/mol. The maximum absolute atomic E-state index is 6.02. The predicted octanol–water partition coefficient (Wildman–Crippen LogP) is 0.720. The molecule has 1 saturated heterocycles. The number of morpholine rings is 1. The van der Waals surface area contributed by atoms with Crippen LogP contribution in [0.3, 0.4) is 0 Å². The van der Waals surface area contributed by atoms with Crippen molar-refractivity contribution < 1.29 is 4.74 Å². The fourth-order valence-corrected chi connectivity index (χ4v) is 2.38. The molecule has 1 aliphatic rings. The molecule has 2 aromatic rings. The molecule has 106 valence electrons. The zero-order chi connectivity index (χ0) is 13.9. The normalized spacial score (nSPS) is 16.9. The molecule has 0 aliphatic carbocycles. The Hall–Kier alpha value is -2.08. The number of hydrogen-bond donors (Lipinski definition) is 1. The zero-order valence-electron chi connectivity index (χ0n) is 11.6. The summed E-state index contributed by atoms with van der Waals surface area (Å²) >= 11 is 0. The minimum absolute atomic E-state index is 0.494. The summed E-state index contributed by atoms with van der Waals surface area (Å²) in [7, 11) is 2.01. The second kappa shape index (κ2) is 5.50. The molecule has 0 radical (unpaired) electrons. The van der Waals surface area contributed by atoms with Crippen LogP contribution in [0, 0.1) is 0 Å². The Kier molecular flexibility index (Phi) is 3.56. The van der Waals surface area contributed by atoms with Crippen LogP contribution in [0.4, 0.5) is 0 Å². The number of rotatable bonds is 2. The van der Waals surface area contributed by atoms with E-state index in [0.29, 0.717) is 25.7 Å². The van der Waals surface area contributed by atoms with Crippen LogP contribution < -0.4 is 5.73 Å². The second-order valence-electron chi connectivity index (χ2n) is 4.85. The van der Waals surface area contributed by atoms with Gasteiger partial charge in [0.1, 0.15) is 12.4 Å². The van der Waals surface area contributed by atoms with Crippen LogP contribution in [0.15, 0.2) is 29.3 Å². The molecule has 0 unspecified atom stereocenters. The average Bonchev–Trinajstić information content (AvgIpc) is 2.83. The summed E-state index contributed by atoms with van der Waals surface area (Å²) in [5, 5.41) is 0. The second-order valence-corrected chi connectivity index (χ2v) is 4.85. The first kappa shape index (κ1) is 12.9. The lowest BCUT2D eigenvalue weighted by Crippen LogP contribution is -2.44. The van der Waals surface area contributed by atoms with Gasteiger partial charge in [-0.2, -0.15) is 0 Å². The Bertz CT molecular complexity index is 628. The zero-order valence-corrected chi connectivity index (χ0v) is 11.6. The Balaban J connectivity index is 1.77. The van der Waals surface area contributed by atoms with Gasteiger partial charge in [0, 0.05) is 20.1 Å². The summed E-state index contributed by atoms with van der Waals surface area (Å²) in [4.78, 5) is 11.1. The van der Waals surface area contributed by atoms with E-state index in [1.165, 1.54) is 0 Å². The Morgan fingerprint density at radius 2 is 2.10 bits per heavy atom. The maximum atomic E-state index is 6.02. The molecule has 0 amide bonds. The van der Waals surface area contributed by atoms with Crippen molar-refractivity contribution >= 4 is 17.0 Å². The van der Waals surface area contributed by atoms with Gasteiger partial charge in [-0.25, -0.2) is 9.98 Å². The van der Waals surface area contributed by atoms with Crippen molar-refractivity contribution in [1.29, 1.82) is 0 Å². The number of ether oxygens (including phenoxy) is 1. The van der Waals surface area contributed by atoms with E-state index < -0.39 is 0 Å². The maximum Gasteiger partial charge on any atom is 0.191 e. The number of aryl methyl sites for hydroxylation is 1. The minimum atomic E-state index is 0.494. The standard InChI is InChI=1S/C14H19N5O/c1-18-12-5-3-2-4-11(12)17-13(18)10-16-14(15)19-6-8-20-9-7-19/h2-5H,6-10H2,1H3,(H2,15,16). The molecule has 20 heavy (non-hydrogen) atoms. The van der Waals surface area contributed by atoms with Crippen LogP contribution >= 0.6 is 0 Å². The molecule has 2 heterocycles. The van der Waals surface area contributed by atoms with Gasteiger partial charge in [-0.3, -0.25) is 0 Å². The van der Waals surface area contributed by atoms with Crippen LogP contribution in [0.25, 0.3) is 11.0 Å². The van der Waals surface area contributed by atoms with Gasteiger partial charge in [0.15, 0.2) is 5.96 Å². The fraction of sp³-hybridized carbons (Fsp3) is 0.429. The summed E-state index contributed by atoms with van der Waals surface area (Å²) < 4.78 is 7.36. The van der Waals surface area contributed by atoms with Crippen LogP contribution in [0.1, 0.15) is 5.82 Å². The molecule has 0 atom stereocenters. The highest BCUT2D eigenvalue weighted by Crippen LogP contribution is 2.14. The van der Waals surface area contributed by atoms with Crippen molar-refractivity contribution in [1.82, 2.24) is 14.5 Å². The molecule has 0 bridgehead atoms. The van der Waals surface area contributed by atoms with E-state index in [9.17, 15) is 0 Å². The van der Waals surface area contributed by atoms with Crippen LogP contribution in [-0.4, -0.2) is 46.7 Å². The molecule has 1 aliphatic heterocycles. The van der Waals surface area contributed by atoms with E-state index in [2.05, 4.69) is 20.6 Å². The summed E-state index contributed by atoms with van der Waals surface area (Å²) in [6, 6.07) is 8.07. The fourth-order valence-electron chi connectivity index (χ4n) is 2.38. The number of imidazole rings is 1. The Morgan fingerprint density at radius 3 is 2.85 bits per heavy atom. The molecule has 0 saturated carbocycles. The lowest BCUT2D eigenvalue weighted by Gasteiger charge is -2.27. The van der Waals surface area contributed by atoms with E-state index in [1.54, 1.807) is 0 Å². The number of nitrogens with zero attached hydrogens (tertiary/aromatic N) is 4. The number of aromatic nitrogens is 2. The molecule has 1 aromatic heterocycles. The number of benzene rings is 1. The van der Waals surface area contributed by atoms with Gasteiger partial charge in [-0.15, -0.1) is 0 Å². The summed E-state index contributed by atoms with van der Waals surface area (Å²) in [6.07, 6.45) is 0. The highest BCUT2D eigenvalue weighted by molar-refractivity contribution is 5.78. The highest BCUT2D eigenvalue weighted by Gasteiger charge is 2.12. The van der Waals surface area contributed by atoms with E-state index in [4.69, 9.17) is 10.5 Å². The first-order valence-corrected chi connectivity index (χ1v) is 6.78. The van der Waals surface area contributed by atoms with Crippen molar-refractivity contribution in [2.24, 2.45) is 17.8 Å². The van der Waals surface area contributed by atoms with Crippen LogP contribution in [-0.2, 0) is 18.3 Å². The number of nitrogens with two attached hydrogens (primary N) is 1. The van der Waals surface area contributed by atoms with Crippen LogP contribution in [0.2, 0.25) is 0 Å². The van der Waals surface area contributed by atoms with Gasteiger partial charge in [-0.05, 0) is 12.1 Å². The first-order valence-electron chi connectivity index (χ1n) is 6.78. The number of guanidine groups is 1. The van der Waals surface area contributed by atoms with Crippen molar-refractivity contribution in [2.75, 3.05) is 26.3 Å². The number of para-hydroxylation sites is 2. The molecular formula is C14H19N5O. The predicted molar refractivity (Wildman–Crippen MR) is 78.4 cm³/mol. The minimum Gasteiger partial charge on any atom is -0.378 e. The quantitative estimate of drug-likeness (QED) is 0.646. The third kappa shape index (κ3) is 2.46. The molecule has 0 spiro atoms. The third-order valence-electron chi connectivity index (χ3n) is 3.60. The van der Waals surface area contributed by atoms with Crippen LogP contribution in [0.5, 0.6) is 0 Å². The van der Waals surface area contributed by atoms with Gasteiger partial charge >= 0.3 is 0 Å². The summed E-state index contributed by atoms with van der Waals surface area (Å²) in [5.41, 5.74) is 8.13. The molecule has 6 heteroatoms. The van der Waals surface area contributed by atoms with E-state index in [0.717, 1.165) is 29.9 Å². The lowest BCUT2D eigenvalue weighted by atomic mass is 10.3. The SMILES string of the molecule is Cn1c(CN=C(N)N2CCOCC2)nc2ccccc21. The largest absolute Gasteiger partial charge is 0.378 e. The number of aliphatic imine (C=N–C) groups is 1. The smallest absolute Gasteiger partial charge is 0.191 e. The molecule has 1 fully saturated rings. The number of hydrogen-bond acceptors (Lipinski definition) is 3. The lowest BCUT2D eigenvalue weighted by molar-refractivity contribution is 0.0674. The topological polar surface area (TPSA) is 68.7 Å². The van der Waals surface area contributed by atoms with Crippen molar-refractivity contribution in [3.8, 4) is 0 Å². The monoisotopic (exact) mass is 273 g/mol. The van der Waals surface area contributed by atoms with Gasteiger partial charge in [0.2, 0.25) is 0 Å². The van der Waals surface area contributed by atoms with Gasteiger partial charge in [-0.1, -0.05) is 12.1 Å². The van der Waals surface area contributed by atoms with Crippen molar-refractivity contribution in [3.05, 3.63) is 30.1 Å².